The third-order valence-corrected chi connectivity index (χ3v) is 4.65. The zero-order valence-corrected chi connectivity index (χ0v) is 15.8. The molecule has 0 unspecified atom stereocenters. The Balaban J connectivity index is 1.54. The highest BCUT2D eigenvalue weighted by Gasteiger charge is 2.06. The molecule has 1 heterocycles. The smallest absolute Gasteiger partial charge is 0.207 e. The Hall–Kier alpha value is -2.28. The van der Waals surface area contributed by atoms with Gasteiger partial charge in [0.2, 0.25) is 5.13 Å². The molecule has 0 saturated carbocycles. The first-order chi connectivity index (χ1) is 12.6. The van der Waals surface area contributed by atoms with Gasteiger partial charge in [0.25, 0.3) is 0 Å². The molecule has 0 spiro atoms. The van der Waals surface area contributed by atoms with E-state index in [4.69, 9.17) is 11.6 Å². The molecule has 0 atom stereocenters. The molecule has 3 rings (SSSR count). The van der Waals surface area contributed by atoms with Crippen LogP contribution in [0.25, 0.3) is 6.08 Å². The SMILES string of the molecule is CC(=Cc1nsc(Nc2ccc(F)c(Cl)c2)n1)[NH2+]CCc1ccccc1. The lowest BCUT2D eigenvalue weighted by atomic mass is 10.1. The average molecular weight is 390 g/mol. The summed E-state index contributed by atoms with van der Waals surface area (Å²) < 4.78 is 17.5. The van der Waals surface area contributed by atoms with Crippen molar-refractivity contribution in [3.05, 3.63) is 76.5 Å². The Kier molecular flexibility index (Phi) is 6.33. The van der Waals surface area contributed by atoms with E-state index in [1.165, 1.54) is 29.2 Å². The van der Waals surface area contributed by atoms with E-state index in [0.717, 1.165) is 18.7 Å². The Morgan fingerprint density at radius 1 is 1.27 bits per heavy atom. The lowest BCUT2D eigenvalue weighted by Crippen LogP contribution is -2.82. The Morgan fingerprint density at radius 2 is 2.08 bits per heavy atom. The number of anilines is 2. The molecule has 3 N–H and O–H groups in total. The standard InChI is InChI=1S/C19H18ClFN4S/c1-13(22-10-9-14-5-3-2-4-6-14)11-18-24-19(26-25-18)23-15-7-8-17(21)16(20)12-15/h2-8,11-12,22H,9-10H2,1H3,(H,23,24,25)/p+1. The highest BCUT2D eigenvalue weighted by atomic mass is 35.5. The van der Waals surface area contributed by atoms with E-state index in [2.05, 4.69) is 44.3 Å². The van der Waals surface area contributed by atoms with Crippen molar-refractivity contribution >= 4 is 40.0 Å². The summed E-state index contributed by atoms with van der Waals surface area (Å²) in [5.41, 5.74) is 3.12. The first-order valence-electron chi connectivity index (χ1n) is 8.21. The molecule has 134 valence electrons. The van der Waals surface area contributed by atoms with Crippen LogP contribution in [0.3, 0.4) is 0 Å². The van der Waals surface area contributed by atoms with Crippen LogP contribution in [-0.2, 0) is 6.42 Å². The van der Waals surface area contributed by atoms with Crippen LogP contribution in [0.15, 0.2) is 54.2 Å². The highest BCUT2D eigenvalue weighted by Crippen LogP contribution is 2.23. The number of quaternary nitrogens is 1. The zero-order valence-electron chi connectivity index (χ0n) is 14.2. The van der Waals surface area contributed by atoms with Crippen LogP contribution in [-0.4, -0.2) is 15.9 Å². The summed E-state index contributed by atoms with van der Waals surface area (Å²) >= 11 is 7.04. The molecule has 1 aromatic heterocycles. The summed E-state index contributed by atoms with van der Waals surface area (Å²) in [5.74, 6) is 0.207. The van der Waals surface area contributed by atoms with Crippen LogP contribution in [0.2, 0.25) is 5.02 Å². The third-order valence-electron chi connectivity index (χ3n) is 3.71. The molecular formula is C19H19ClFN4S+. The van der Waals surface area contributed by atoms with Gasteiger partial charge in [-0.15, -0.1) is 0 Å². The monoisotopic (exact) mass is 389 g/mol. The van der Waals surface area contributed by atoms with Crippen LogP contribution in [0.5, 0.6) is 0 Å². The van der Waals surface area contributed by atoms with Crippen molar-refractivity contribution in [2.45, 2.75) is 13.3 Å². The van der Waals surface area contributed by atoms with Crippen molar-refractivity contribution in [3.63, 3.8) is 0 Å². The van der Waals surface area contributed by atoms with Crippen molar-refractivity contribution in [1.82, 2.24) is 9.36 Å². The molecule has 0 aliphatic carbocycles. The molecule has 3 aromatic rings. The van der Waals surface area contributed by atoms with Crippen molar-refractivity contribution < 1.29 is 9.71 Å². The first kappa shape index (κ1) is 18.5. The van der Waals surface area contributed by atoms with Gasteiger partial charge in [0.15, 0.2) is 5.82 Å². The maximum absolute atomic E-state index is 13.2. The van der Waals surface area contributed by atoms with Gasteiger partial charge >= 0.3 is 0 Å². The highest BCUT2D eigenvalue weighted by molar-refractivity contribution is 7.09. The van der Waals surface area contributed by atoms with E-state index < -0.39 is 5.82 Å². The van der Waals surface area contributed by atoms with Crippen LogP contribution >= 0.6 is 23.1 Å². The number of nitrogens with one attached hydrogen (secondary N) is 1. The van der Waals surface area contributed by atoms with Crippen LogP contribution in [0.4, 0.5) is 15.2 Å². The Morgan fingerprint density at radius 3 is 2.85 bits per heavy atom. The molecule has 0 aliphatic rings. The number of benzene rings is 2. The van der Waals surface area contributed by atoms with E-state index in [-0.39, 0.29) is 5.02 Å². The van der Waals surface area contributed by atoms with Crippen LogP contribution in [0.1, 0.15) is 18.3 Å². The molecular weight excluding hydrogens is 371 g/mol. The maximum Gasteiger partial charge on any atom is 0.207 e. The maximum atomic E-state index is 13.2. The molecule has 0 radical (unpaired) electrons. The predicted molar refractivity (Wildman–Crippen MR) is 105 cm³/mol. The summed E-state index contributed by atoms with van der Waals surface area (Å²) in [6.45, 7) is 3.01. The number of allylic oxidation sites excluding steroid dienone is 1. The van der Waals surface area contributed by atoms with Gasteiger partial charge < -0.3 is 10.6 Å². The fourth-order valence-corrected chi connectivity index (χ4v) is 3.17. The lowest BCUT2D eigenvalue weighted by molar-refractivity contribution is -0.604. The van der Waals surface area contributed by atoms with Gasteiger partial charge in [-0.1, -0.05) is 41.9 Å². The van der Waals surface area contributed by atoms with Gasteiger partial charge in [-0.3, -0.25) is 0 Å². The molecule has 0 amide bonds. The van der Waals surface area contributed by atoms with Gasteiger partial charge in [-0.2, -0.15) is 9.36 Å². The Bertz CT molecular complexity index is 896. The summed E-state index contributed by atoms with van der Waals surface area (Å²) in [6, 6.07) is 14.9. The normalized spacial score (nSPS) is 11.6. The first-order valence-corrected chi connectivity index (χ1v) is 9.36. The summed E-state index contributed by atoms with van der Waals surface area (Å²) in [5, 5.41) is 5.97. The number of nitrogens with zero attached hydrogens (tertiary/aromatic N) is 2. The predicted octanol–water partition coefficient (Wildman–Crippen LogP) is 4.24. The molecule has 4 nitrogen and oxygen atoms in total. The van der Waals surface area contributed by atoms with Gasteiger partial charge in [-0.25, -0.2) is 4.39 Å². The molecule has 0 fully saturated rings. The van der Waals surface area contributed by atoms with Crippen LogP contribution < -0.4 is 10.6 Å². The summed E-state index contributed by atoms with van der Waals surface area (Å²) in [7, 11) is 0. The van der Waals surface area contributed by atoms with E-state index >= 15 is 0 Å². The quantitative estimate of drug-likeness (QED) is 0.635. The minimum Gasteiger partial charge on any atom is -0.330 e. The van der Waals surface area contributed by atoms with Gasteiger partial charge in [0.05, 0.1) is 11.6 Å². The molecule has 7 heteroatoms. The average Bonchev–Trinajstić information content (AvgIpc) is 3.06. The van der Waals surface area contributed by atoms with Crippen LogP contribution in [0, 0.1) is 5.82 Å². The van der Waals surface area contributed by atoms with Crippen molar-refractivity contribution in [2.24, 2.45) is 0 Å². The second-order valence-electron chi connectivity index (χ2n) is 5.83. The lowest BCUT2D eigenvalue weighted by Gasteiger charge is -2.02. The largest absolute Gasteiger partial charge is 0.330 e. The molecule has 0 aliphatic heterocycles. The number of hydrogen-bond acceptors (Lipinski definition) is 4. The molecule has 0 bridgehead atoms. The fourth-order valence-electron chi connectivity index (χ4n) is 2.42. The van der Waals surface area contributed by atoms with E-state index in [1.54, 1.807) is 6.07 Å². The number of halogens is 2. The zero-order chi connectivity index (χ0) is 18.4. The molecule has 0 saturated heterocycles. The topological polar surface area (TPSA) is 54.4 Å². The minimum atomic E-state index is -0.445. The minimum absolute atomic E-state index is 0.0727. The van der Waals surface area contributed by atoms with Gasteiger partial charge in [0.1, 0.15) is 11.5 Å². The third kappa shape index (κ3) is 5.36. The van der Waals surface area contributed by atoms with Gasteiger partial charge in [-0.05, 0) is 23.8 Å². The van der Waals surface area contributed by atoms with Crippen molar-refractivity contribution in [3.8, 4) is 0 Å². The molecule has 26 heavy (non-hydrogen) atoms. The fraction of sp³-hybridized carbons (Fsp3) is 0.158. The number of aromatic nitrogens is 2. The number of nitrogens with two attached hydrogens (primary N) is 1. The summed E-state index contributed by atoms with van der Waals surface area (Å²) in [6.07, 6.45) is 2.96. The van der Waals surface area contributed by atoms with Crippen molar-refractivity contribution in [2.75, 3.05) is 11.9 Å². The Labute approximate surface area is 160 Å². The number of rotatable bonds is 7. The second-order valence-corrected chi connectivity index (χ2v) is 6.99. The summed E-state index contributed by atoms with van der Waals surface area (Å²) in [4.78, 5) is 4.43. The molecule has 2 aromatic carbocycles. The van der Waals surface area contributed by atoms with Gasteiger partial charge in [0, 0.05) is 36.6 Å². The van der Waals surface area contributed by atoms with E-state index in [1.807, 2.05) is 19.1 Å². The van der Waals surface area contributed by atoms with Crippen molar-refractivity contribution in [1.29, 1.82) is 0 Å². The second kappa shape index (κ2) is 8.89. The number of hydrogen-bond donors (Lipinski definition) is 2. The van der Waals surface area contributed by atoms with E-state index in [0.29, 0.717) is 16.6 Å². The van der Waals surface area contributed by atoms with E-state index in [9.17, 15) is 4.39 Å².